The van der Waals surface area contributed by atoms with Gasteiger partial charge in [-0.2, -0.15) is 13.2 Å². The Bertz CT molecular complexity index is 901. The molecule has 1 saturated heterocycles. The second-order valence-electron chi connectivity index (χ2n) is 7.80. The molecule has 0 bridgehead atoms. The highest BCUT2D eigenvalue weighted by molar-refractivity contribution is 5.84. The predicted octanol–water partition coefficient (Wildman–Crippen LogP) is 4.50. The highest BCUT2D eigenvalue weighted by Crippen LogP contribution is 2.26. The number of hydrogen-bond acceptors (Lipinski definition) is 4. The number of benzene rings is 2. The number of anilines is 1. The minimum atomic E-state index is -5.08. The van der Waals surface area contributed by atoms with Gasteiger partial charge in [-0.25, -0.2) is 9.59 Å². The molecule has 1 aliphatic carbocycles. The Labute approximate surface area is 183 Å². The van der Waals surface area contributed by atoms with Crippen LogP contribution in [0.2, 0.25) is 0 Å². The first kappa shape index (κ1) is 23.6. The molecule has 4 rings (SSSR count). The maximum atomic E-state index is 12.2. The number of nitrogens with one attached hydrogen (secondary N) is 2. The van der Waals surface area contributed by atoms with Gasteiger partial charge in [0.25, 0.3) is 0 Å². The van der Waals surface area contributed by atoms with Crippen LogP contribution in [0.4, 0.5) is 23.7 Å². The quantitative estimate of drug-likeness (QED) is 0.641. The number of fused-ring (bicyclic) bond motifs is 1. The van der Waals surface area contributed by atoms with Gasteiger partial charge in [0, 0.05) is 25.1 Å². The van der Waals surface area contributed by atoms with E-state index in [4.69, 9.17) is 14.6 Å². The number of aliphatic carboxylic acids is 1. The molecular formula is C23H25F3N2O4. The summed E-state index contributed by atoms with van der Waals surface area (Å²) in [6.07, 6.45) is -1.46. The van der Waals surface area contributed by atoms with Crippen LogP contribution in [0.15, 0.2) is 48.5 Å². The summed E-state index contributed by atoms with van der Waals surface area (Å²) in [4.78, 5) is 21.1. The number of carbonyl (C=O) groups excluding carboxylic acids is 1. The smallest absolute Gasteiger partial charge is 0.475 e. The van der Waals surface area contributed by atoms with Crippen molar-refractivity contribution in [3.8, 4) is 0 Å². The minimum Gasteiger partial charge on any atom is -0.475 e. The fraction of sp³-hybridized carbons (Fsp3) is 0.391. The lowest BCUT2D eigenvalue weighted by atomic mass is 9.92. The van der Waals surface area contributed by atoms with Crippen LogP contribution in [0.3, 0.4) is 0 Å². The largest absolute Gasteiger partial charge is 0.490 e. The Hall–Kier alpha value is -3.07. The second kappa shape index (κ2) is 10.5. The maximum Gasteiger partial charge on any atom is 0.490 e. The van der Waals surface area contributed by atoms with E-state index in [1.54, 1.807) is 0 Å². The van der Waals surface area contributed by atoms with Gasteiger partial charge in [-0.1, -0.05) is 36.4 Å². The minimum absolute atomic E-state index is 0.0648. The third-order valence-electron chi connectivity index (χ3n) is 5.46. The Morgan fingerprint density at radius 1 is 1.03 bits per heavy atom. The Balaban J connectivity index is 0.000000360. The van der Waals surface area contributed by atoms with Gasteiger partial charge in [0.1, 0.15) is 6.10 Å². The van der Waals surface area contributed by atoms with Gasteiger partial charge >= 0.3 is 18.2 Å². The number of hydrogen-bond donors (Lipinski definition) is 3. The van der Waals surface area contributed by atoms with Crippen LogP contribution in [0, 0.1) is 0 Å². The van der Waals surface area contributed by atoms with E-state index in [0.29, 0.717) is 5.92 Å². The maximum absolute atomic E-state index is 12.2. The molecule has 1 amide bonds. The molecule has 32 heavy (non-hydrogen) atoms. The van der Waals surface area contributed by atoms with E-state index in [2.05, 4.69) is 34.9 Å². The lowest BCUT2D eigenvalue weighted by Crippen LogP contribution is -2.28. The van der Waals surface area contributed by atoms with E-state index < -0.39 is 12.1 Å². The second-order valence-corrected chi connectivity index (χ2v) is 7.80. The van der Waals surface area contributed by atoms with Crippen molar-refractivity contribution < 1.29 is 32.6 Å². The van der Waals surface area contributed by atoms with E-state index in [9.17, 15) is 18.0 Å². The first-order valence-corrected chi connectivity index (χ1v) is 10.4. The molecule has 0 aromatic heterocycles. The molecule has 0 spiro atoms. The van der Waals surface area contributed by atoms with Gasteiger partial charge in [-0.3, -0.25) is 5.32 Å². The van der Waals surface area contributed by atoms with Crippen molar-refractivity contribution in [2.45, 2.75) is 43.9 Å². The summed E-state index contributed by atoms with van der Waals surface area (Å²) < 4.78 is 37.3. The van der Waals surface area contributed by atoms with Crippen LogP contribution in [0.1, 0.15) is 35.4 Å². The monoisotopic (exact) mass is 450 g/mol. The summed E-state index contributed by atoms with van der Waals surface area (Å²) in [7, 11) is 0. The zero-order valence-electron chi connectivity index (χ0n) is 17.3. The molecule has 1 heterocycles. The predicted molar refractivity (Wildman–Crippen MR) is 113 cm³/mol. The molecule has 2 aliphatic rings. The number of halogens is 3. The average Bonchev–Trinajstić information content (AvgIpc) is 3.17. The molecule has 0 saturated carbocycles. The van der Waals surface area contributed by atoms with Crippen LogP contribution in [-0.2, 0) is 22.4 Å². The van der Waals surface area contributed by atoms with Crippen LogP contribution in [-0.4, -0.2) is 42.5 Å². The van der Waals surface area contributed by atoms with Crippen molar-refractivity contribution in [3.63, 3.8) is 0 Å². The molecule has 2 aromatic rings. The zero-order valence-corrected chi connectivity index (χ0v) is 17.3. The number of carbonyl (C=O) groups is 2. The number of piperidine rings is 1. The van der Waals surface area contributed by atoms with Gasteiger partial charge in [0.2, 0.25) is 0 Å². The number of rotatable bonds is 3. The SMILES string of the molecule is O=C(Nc1ccc([C@@H]2CCCNC2)cc1)OC1Cc2ccccc2C1.O=C(O)C(F)(F)F. The van der Waals surface area contributed by atoms with Crippen molar-refractivity contribution in [3.05, 3.63) is 65.2 Å². The van der Waals surface area contributed by atoms with Crippen LogP contribution < -0.4 is 10.6 Å². The summed E-state index contributed by atoms with van der Waals surface area (Å²) in [5.74, 6) is -2.18. The first-order valence-electron chi connectivity index (χ1n) is 10.4. The molecule has 0 unspecified atom stereocenters. The van der Waals surface area contributed by atoms with E-state index in [1.165, 1.54) is 29.5 Å². The number of carboxylic acid groups (broad SMARTS) is 1. The molecule has 6 nitrogen and oxygen atoms in total. The highest BCUT2D eigenvalue weighted by atomic mass is 19.4. The van der Waals surface area contributed by atoms with Gasteiger partial charge in [0.15, 0.2) is 0 Å². The van der Waals surface area contributed by atoms with Gasteiger partial charge in [-0.05, 0) is 54.1 Å². The number of alkyl halides is 3. The van der Waals surface area contributed by atoms with Crippen molar-refractivity contribution in [2.75, 3.05) is 18.4 Å². The summed E-state index contributed by atoms with van der Waals surface area (Å²) in [5.41, 5.74) is 4.68. The van der Waals surface area contributed by atoms with Crippen molar-refractivity contribution in [1.29, 1.82) is 0 Å². The topological polar surface area (TPSA) is 87.7 Å². The third-order valence-corrected chi connectivity index (χ3v) is 5.46. The molecule has 1 aliphatic heterocycles. The fourth-order valence-corrected chi connectivity index (χ4v) is 3.88. The van der Waals surface area contributed by atoms with E-state index in [1.807, 2.05) is 24.3 Å². The van der Waals surface area contributed by atoms with Crippen molar-refractivity contribution >= 4 is 17.7 Å². The lowest BCUT2D eigenvalue weighted by molar-refractivity contribution is -0.192. The van der Waals surface area contributed by atoms with Gasteiger partial charge in [-0.15, -0.1) is 0 Å². The Morgan fingerprint density at radius 3 is 2.12 bits per heavy atom. The Kier molecular flexibility index (Phi) is 7.74. The van der Waals surface area contributed by atoms with Crippen LogP contribution >= 0.6 is 0 Å². The third kappa shape index (κ3) is 6.71. The summed E-state index contributed by atoms with van der Waals surface area (Å²) >= 11 is 0. The molecule has 2 aromatic carbocycles. The highest BCUT2D eigenvalue weighted by Gasteiger charge is 2.38. The van der Waals surface area contributed by atoms with E-state index >= 15 is 0 Å². The molecule has 1 atom stereocenters. The van der Waals surface area contributed by atoms with E-state index in [-0.39, 0.29) is 12.2 Å². The lowest BCUT2D eigenvalue weighted by Gasteiger charge is -2.23. The molecule has 0 radical (unpaired) electrons. The molecule has 9 heteroatoms. The number of carboxylic acids is 1. The first-order chi connectivity index (χ1) is 15.2. The van der Waals surface area contributed by atoms with Gasteiger partial charge < -0.3 is 15.2 Å². The fourth-order valence-electron chi connectivity index (χ4n) is 3.88. The zero-order chi connectivity index (χ0) is 23.1. The van der Waals surface area contributed by atoms with Crippen LogP contribution in [0.25, 0.3) is 0 Å². The average molecular weight is 450 g/mol. The summed E-state index contributed by atoms with van der Waals surface area (Å²) in [6, 6.07) is 16.4. The Morgan fingerprint density at radius 2 is 1.62 bits per heavy atom. The van der Waals surface area contributed by atoms with E-state index in [0.717, 1.165) is 31.6 Å². The molecule has 1 fully saturated rings. The summed E-state index contributed by atoms with van der Waals surface area (Å²) in [5, 5.41) is 13.4. The normalized spacial score (nSPS) is 18.2. The standard InChI is InChI=1S/C21H24N2O2.C2HF3O2/c24-21(25-20-12-16-4-1-2-5-17(16)13-20)23-19-9-7-15(8-10-19)18-6-3-11-22-14-18;3-2(4,5)1(6)7/h1-2,4-5,7-10,18,20,22H,3,6,11-14H2,(H,23,24);(H,6,7)/t18-;/m1./s1. The molecule has 172 valence electrons. The van der Waals surface area contributed by atoms with Gasteiger partial charge in [0.05, 0.1) is 0 Å². The molecule has 3 N–H and O–H groups in total. The number of ether oxygens (including phenoxy) is 1. The molecular weight excluding hydrogens is 425 g/mol. The summed E-state index contributed by atoms with van der Waals surface area (Å²) in [6.45, 7) is 2.16. The number of amides is 1. The van der Waals surface area contributed by atoms with Crippen molar-refractivity contribution in [2.24, 2.45) is 0 Å². The van der Waals surface area contributed by atoms with Crippen LogP contribution in [0.5, 0.6) is 0 Å². The van der Waals surface area contributed by atoms with Crippen molar-refractivity contribution in [1.82, 2.24) is 5.32 Å².